The van der Waals surface area contributed by atoms with Crippen molar-refractivity contribution in [3.05, 3.63) is 89.0 Å². The molecular weight excluding hydrogens is 462 g/mol. The van der Waals surface area contributed by atoms with Gasteiger partial charge < -0.3 is 9.84 Å². The Kier molecular flexibility index (Phi) is 7.34. The number of rotatable bonds is 5. The molecule has 35 heavy (non-hydrogen) atoms. The Bertz CT molecular complexity index is 1470. The Hall–Kier alpha value is -4.07. The lowest BCUT2D eigenvalue weighted by molar-refractivity contribution is -0.150. The number of nitrogens with zero attached hydrogens (tertiary/aromatic N) is 1. The number of hydrogen-bond acceptors (Lipinski definition) is 5. The molecule has 3 rings (SSSR count). The van der Waals surface area contributed by atoms with Crippen LogP contribution in [-0.4, -0.2) is 25.6 Å². The second-order valence-electron chi connectivity index (χ2n) is 9.07. The van der Waals surface area contributed by atoms with Crippen LogP contribution in [0.2, 0.25) is 0 Å². The van der Waals surface area contributed by atoms with Crippen LogP contribution in [0.25, 0.3) is 0 Å². The van der Waals surface area contributed by atoms with Gasteiger partial charge in [0.15, 0.2) is 6.10 Å². The van der Waals surface area contributed by atoms with Crippen molar-refractivity contribution in [2.24, 2.45) is 5.41 Å². The highest BCUT2D eigenvalue weighted by Gasteiger charge is 2.33. The summed E-state index contributed by atoms with van der Waals surface area (Å²) in [6, 6.07) is 19.5. The van der Waals surface area contributed by atoms with Gasteiger partial charge in [-0.05, 0) is 55.0 Å². The van der Waals surface area contributed by atoms with Crippen molar-refractivity contribution in [3.8, 4) is 23.7 Å². The van der Waals surface area contributed by atoms with Gasteiger partial charge in [-0.2, -0.15) is 5.26 Å². The number of carboxylic acid groups (broad SMARTS) is 1. The minimum atomic E-state index is -3.72. The van der Waals surface area contributed by atoms with E-state index >= 15 is 0 Å². The maximum absolute atomic E-state index is 13.0. The molecule has 0 bridgehead atoms. The number of ether oxygens (including phenoxy) is 1. The molecule has 1 unspecified atom stereocenters. The van der Waals surface area contributed by atoms with E-state index < -0.39 is 27.3 Å². The molecule has 0 aromatic heterocycles. The van der Waals surface area contributed by atoms with Crippen molar-refractivity contribution in [2.75, 3.05) is 0 Å². The summed E-state index contributed by atoms with van der Waals surface area (Å²) in [5.74, 6) is 5.03. The largest absolute Gasteiger partial charge is 0.478 e. The first-order valence-electron chi connectivity index (χ1n) is 10.8. The molecule has 178 valence electrons. The van der Waals surface area contributed by atoms with Crippen LogP contribution in [0.4, 0.5) is 0 Å². The van der Waals surface area contributed by atoms with Gasteiger partial charge in [0, 0.05) is 11.0 Å². The Balaban J connectivity index is 2.07. The van der Waals surface area contributed by atoms with Crippen molar-refractivity contribution in [3.63, 3.8) is 0 Å². The second kappa shape index (κ2) is 10.0. The molecule has 0 radical (unpaired) electrons. The van der Waals surface area contributed by atoms with E-state index in [0.29, 0.717) is 16.7 Å². The Morgan fingerprint density at radius 3 is 2.20 bits per heavy atom. The van der Waals surface area contributed by atoms with Crippen molar-refractivity contribution < 1.29 is 23.1 Å². The number of aryl methyl sites for hydroxylation is 1. The smallest absolute Gasteiger partial charge is 0.345 e. The normalized spacial score (nSPS) is 12.1. The topological polar surface area (TPSA) is 104 Å². The highest BCUT2D eigenvalue weighted by Crippen LogP contribution is 2.28. The fourth-order valence-electron chi connectivity index (χ4n) is 3.30. The summed E-state index contributed by atoms with van der Waals surface area (Å²) < 4.78 is 31.9. The van der Waals surface area contributed by atoms with E-state index in [1.54, 1.807) is 45.0 Å². The lowest BCUT2D eigenvalue weighted by atomic mass is 9.89. The molecule has 0 amide bonds. The van der Waals surface area contributed by atoms with Crippen molar-refractivity contribution in [1.29, 1.82) is 5.26 Å². The van der Waals surface area contributed by atoms with Gasteiger partial charge in [-0.1, -0.05) is 56.9 Å². The summed E-state index contributed by atoms with van der Waals surface area (Å²) in [4.78, 5) is 12.1. The maximum atomic E-state index is 13.0. The highest BCUT2D eigenvalue weighted by molar-refractivity contribution is 7.91. The van der Waals surface area contributed by atoms with Crippen LogP contribution in [0, 0.1) is 35.5 Å². The summed E-state index contributed by atoms with van der Waals surface area (Å²) in [5, 5.41) is 19.0. The zero-order valence-corrected chi connectivity index (χ0v) is 20.7. The summed E-state index contributed by atoms with van der Waals surface area (Å²) >= 11 is 0. The maximum Gasteiger partial charge on any atom is 0.345 e. The van der Waals surface area contributed by atoms with Gasteiger partial charge in [0.2, 0.25) is 9.84 Å². The number of carbonyl (C=O) groups is 1. The molecule has 0 heterocycles. The number of hydrogen-bond donors (Lipinski definition) is 1. The van der Waals surface area contributed by atoms with Crippen LogP contribution in [0.15, 0.2) is 76.5 Å². The molecule has 6 nitrogen and oxygen atoms in total. The lowest BCUT2D eigenvalue weighted by Crippen LogP contribution is -2.39. The first kappa shape index (κ1) is 25.6. The van der Waals surface area contributed by atoms with Crippen molar-refractivity contribution in [1.82, 2.24) is 0 Å². The number of aliphatic carboxylic acids is 1. The van der Waals surface area contributed by atoms with Crippen LogP contribution >= 0.6 is 0 Å². The number of carboxylic acids is 1. The Morgan fingerprint density at radius 1 is 0.943 bits per heavy atom. The average Bonchev–Trinajstić information content (AvgIpc) is 2.81. The van der Waals surface area contributed by atoms with Gasteiger partial charge in [-0.15, -0.1) is 0 Å². The molecule has 3 aromatic rings. The molecule has 1 N–H and O–H groups in total. The fraction of sp³-hybridized carbons (Fsp3) is 0.214. The molecule has 0 aliphatic heterocycles. The van der Waals surface area contributed by atoms with Gasteiger partial charge in [0.1, 0.15) is 5.75 Å². The minimum Gasteiger partial charge on any atom is -0.478 e. The van der Waals surface area contributed by atoms with Crippen LogP contribution in [0.5, 0.6) is 5.75 Å². The predicted molar refractivity (Wildman–Crippen MR) is 132 cm³/mol. The molecule has 0 aliphatic carbocycles. The van der Waals surface area contributed by atoms with Crippen LogP contribution < -0.4 is 4.74 Å². The van der Waals surface area contributed by atoms with Gasteiger partial charge in [0.05, 0.1) is 27.0 Å². The molecule has 0 fully saturated rings. The van der Waals surface area contributed by atoms with Gasteiger partial charge >= 0.3 is 5.97 Å². The SMILES string of the molecule is Cc1ccc(S(=O)(=O)c2ccccc2)cc1C#Cc1cc(C#N)ccc1OC(C(=O)O)C(C)(C)C. The van der Waals surface area contributed by atoms with E-state index in [2.05, 4.69) is 11.8 Å². The number of nitriles is 1. The first-order valence-corrected chi connectivity index (χ1v) is 12.3. The zero-order valence-electron chi connectivity index (χ0n) is 19.9. The van der Waals surface area contributed by atoms with Gasteiger partial charge in [0.25, 0.3) is 0 Å². The van der Waals surface area contributed by atoms with E-state index in [1.807, 2.05) is 13.0 Å². The molecule has 0 spiro atoms. The van der Waals surface area contributed by atoms with E-state index in [9.17, 15) is 23.6 Å². The van der Waals surface area contributed by atoms with Crippen molar-refractivity contribution >= 4 is 15.8 Å². The average molecular weight is 488 g/mol. The molecule has 0 saturated carbocycles. The van der Waals surface area contributed by atoms with E-state index in [0.717, 1.165) is 5.56 Å². The third-order valence-corrected chi connectivity index (χ3v) is 7.04. The monoisotopic (exact) mass is 487 g/mol. The zero-order chi connectivity index (χ0) is 25.8. The molecular formula is C28H25NO5S. The van der Waals surface area contributed by atoms with Crippen molar-refractivity contribution in [2.45, 2.75) is 43.6 Å². The standard InChI is InChI=1S/C28H25NO5S/c1-19-10-14-24(35(32,33)23-8-6-5-7-9-23)17-21(19)12-13-22-16-20(18-29)11-15-25(22)34-26(27(30)31)28(2,3)4/h5-11,14-17,26H,1-4H3,(H,30,31). The predicted octanol–water partition coefficient (Wildman–Crippen LogP) is 4.98. The molecule has 3 aromatic carbocycles. The first-order chi connectivity index (χ1) is 16.4. The summed E-state index contributed by atoms with van der Waals surface area (Å²) in [6.07, 6.45) is -1.14. The van der Waals surface area contributed by atoms with E-state index in [1.165, 1.54) is 42.5 Å². The quantitative estimate of drug-likeness (QED) is 0.509. The van der Waals surface area contributed by atoms with Crippen LogP contribution in [0.1, 0.15) is 43.0 Å². The lowest BCUT2D eigenvalue weighted by Gasteiger charge is -2.28. The Morgan fingerprint density at radius 2 is 1.60 bits per heavy atom. The van der Waals surface area contributed by atoms with Crippen LogP contribution in [0.3, 0.4) is 0 Å². The van der Waals surface area contributed by atoms with E-state index in [-0.39, 0.29) is 15.5 Å². The third kappa shape index (κ3) is 5.90. The van der Waals surface area contributed by atoms with E-state index in [4.69, 9.17) is 4.74 Å². The molecule has 0 saturated heterocycles. The molecule has 1 atom stereocenters. The molecule has 7 heteroatoms. The molecule has 0 aliphatic rings. The van der Waals surface area contributed by atoms with Gasteiger partial charge in [-0.25, -0.2) is 13.2 Å². The highest BCUT2D eigenvalue weighted by atomic mass is 32.2. The minimum absolute atomic E-state index is 0.111. The number of sulfone groups is 1. The second-order valence-corrected chi connectivity index (χ2v) is 11.0. The fourth-order valence-corrected chi connectivity index (χ4v) is 4.61. The summed E-state index contributed by atoms with van der Waals surface area (Å²) in [7, 11) is -3.72. The Labute approximate surface area is 205 Å². The number of benzene rings is 3. The van der Waals surface area contributed by atoms with Crippen LogP contribution in [-0.2, 0) is 14.6 Å². The summed E-state index contributed by atoms with van der Waals surface area (Å²) in [6.45, 7) is 7.07. The third-order valence-electron chi connectivity index (χ3n) is 5.27. The van der Waals surface area contributed by atoms with Gasteiger partial charge in [-0.3, -0.25) is 0 Å². The summed E-state index contributed by atoms with van der Waals surface area (Å²) in [5.41, 5.74) is 1.22.